The van der Waals surface area contributed by atoms with Crippen molar-refractivity contribution in [2.24, 2.45) is 24.8 Å². The van der Waals surface area contributed by atoms with Gasteiger partial charge in [0.05, 0.1) is 11.9 Å². The van der Waals surface area contributed by atoms with E-state index in [4.69, 9.17) is 0 Å². The van der Waals surface area contributed by atoms with E-state index in [0.717, 1.165) is 25.2 Å². The predicted octanol–water partition coefficient (Wildman–Crippen LogP) is 0.970. The second kappa shape index (κ2) is 4.58. The Morgan fingerprint density at radius 2 is 2.10 bits per heavy atom. The number of hydrogen-bond acceptors (Lipinski definition) is 4. The van der Waals surface area contributed by atoms with Crippen LogP contribution >= 0.6 is 0 Å². The van der Waals surface area contributed by atoms with E-state index >= 15 is 0 Å². The molecule has 3 atom stereocenters. The summed E-state index contributed by atoms with van der Waals surface area (Å²) in [6, 6.07) is 0. The van der Waals surface area contributed by atoms with Crippen LogP contribution in [-0.4, -0.2) is 24.1 Å². The fraction of sp³-hybridized carbons (Fsp3) is 0.692. The first-order valence-corrected chi connectivity index (χ1v) is 8.42. The largest absolute Gasteiger partial charge is 0.274 e. The van der Waals surface area contributed by atoms with E-state index in [1.807, 2.05) is 0 Å². The van der Waals surface area contributed by atoms with E-state index in [9.17, 15) is 13.2 Å². The van der Waals surface area contributed by atoms with Gasteiger partial charge in [-0.25, -0.2) is 13.1 Å². The molecule has 7 heteroatoms. The molecule has 1 aromatic heterocycles. The molecule has 0 aromatic carbocycles. The van der Waals surface area contributed by atoms with Gasteiger partial charge in [-0.3, -0.25) is 9.48 Å². The lowest BCUT2D eigenvalue weighted by Gasteiger charge is -2.20. The summed E-state index contributed by atoms with van der Waals surface area (Å²) >= 11 is 0. The number of fused-ring (bicyclic) bond motifs is 1. The number of nitrogens with one attached hydrogen (secondary N) is 1. The van der Waals surface area contributed by atoms with Gasteiger partial charge in [-0.1, -0.05) is 0 Å². The van der Waals surface area contributed by atoms with Gasteiger partial charge < -0.3 is 0 Å². The maximum absolute atomic E-state index is 12.2. The van der Waals surface area contributed by atoms with Gasteiger partial charge in [-0.05, 0) is 44.4 Å². The van der Waals surface area contributed by atoms with E-state index in [1.165, 1.54) is 17.3 Å². The average Bonchev–Trinajstić information content (AvgIpc) is 3.08. The van der Waals surface area contributed by atoms with Crippen LogP contribution in [0.1, 0.15) is 31.4 Å². The maximum atomic E-state index is 12.2. The van der Waals surface area contributed by atoms with Crippen molar-refractivity contribution in [3.8, 4) is 0 Å². The normalized spacial score (nSPS) is 28.8. The highest BCUT2D eigenvalue weighted by Gasteiger charge is 2.44. The third-order valence-electron chi connectivity index (χ3n) is 4.63. The summed E-state index contributed by atoms with van der Waals surface area (Å²) in [5, 5.41) is 3.91. The van der Waals surface area contributed by atoms with Crippen LogP contribution in [0.2, 0.25) is 0 Å². The smallest absolute Gasteiger partial charge is 0.267 e. The van der Waals surface area contributed by atoms with E-state index in [-0.39, 0.29) is 16.7 Å². The number of carbonyl (C=O) groups excluding carboxylic acids is 1. The second-order valence-electron chi connectivity index (χ2n) is 5.95. The van der Waals surface area contributed by atoms with Gasteiger partial charge in [0.25, 0.3) is 10.0 Å². The summed E-state index contributed by atoms with van der Waals surface area (Å²) in [7, 11) is -2.13. The lowest BCUT2D eigenvalue weighted by atomic mass is 9.89. The molecule has 2 fully saturated rings. The second-order valence-corrected chi connectivity index (χ2v) is 7.60. The first kappa shape index (κ1) is 13.6. The summed E-state index contributed by atoms with van der Waals surface area (Å²) in [4.78, 5) is 12.2. The molecule has 20 heavy (non-hydrogen) atoms. The Balaban J connectivity index is 1.72. The van der Waals surface area contributed by atoms with Gasteiger partial charge in [0.1, 0.15) is 4.90 Å². The number of aromatic nitrogens is 2. The van der Waals surface area contributed by atoms with Gasteiger partial charge >= 0.3 is 0 Å². The molecule has 1 amide bonds. The Bertz CT molecular complexity index is 650. The van der Waals surface area contributed by atoms with Crippen LogP contribution < -0.4 is 4.72 Å². The Kier molecular flexibility index (Phi) is 3.12. The lowest BCUT2D eigenvalue weighted by Crippen LogP contribution is -2.37. The molecule has 1 aromatic rings. The molecule has 0 aliphatic heterocycles. The number of carbonyl (C=O) groups is 1. The molecule has 110 valence electrons. The molecule has 2 saturated carbocycles. The summed E-state index contributed by atoms with van der Waals surface area (Å²) in [6.07, 6.45) is 5.17. The summed E-state index contributed by atoms with van der Waals surface area (Å²) in [6.45, 7) is 1.67. The van der Waals surface area contributed by atoms with Crippen molar-refractivity contribution in [1.82, 2.24) is 14.5 Å². The first-order valence-electron chi connectivity index (χ1n) is 6.93. The van der Waals surface area contributed by atoms with E-state index in [2.05, 4.69) is 9.82 Å². The van der Waals surface area contributed by atoms with Gasteiger partial charge in [0.2, 0.25) is 5.91 Å². The van der Waals surface area contributed by atoms with Crippen molar-refractivity contribution >= 4 is 15.9 Å². The van der Waals surface area contributed by atoms with Crippen LogP contribution in [0.5, 0.6) is 0 Å². The zero-order chi connectivity index (χ0) is 14.5. The van der Waals surface area contributed by atoms with Crippen LogP contribution in [0, 0.1) is 24.7 Å². The summed E-state index contributed by atoms with van der Waals surface area (Å²) in [5.41, 5.74) is 0.524. The monoisotopic (exact) mass is 297 g/mol. The molecule has 0 radical (unpaired) electrons. The van der Waals surface area contributed by atoms with Gasteiger partial charge in [0, 0.05) is 13.0 Å². The minimum absolute atomic E-state index is 0.0773. The molecule has 0 saturated heterocycles. The molecule has 1 N–H and O–H groups in total. The maximum Gasteiger partial charge on any atom is 0.267 e. The Hall–Kier alpha value is -1.37. The number of hydrogen-bond donors (Lipinski definition) is 1. The van der Waals surface area contributed by atoms with Gasteiger partial charge in [-0.15, -0.1) is 0 Å². The zero-order valence-corrected chi connectivity index (χ0v) is 12.5. The Morgan fingerprint density at radius 1 is 1.35 bits per heavy atom. The quantitative estimate of drug-likeness (QED) is 0.901. The SMILES string of the molecule is Cc1c(S(=O)(=O)NC(=O)C2CCC3CC3C2)cnn1C. The molecule has 0 spiro atoms. The van der Waals surface area contributed by atoms with Gasteiger partial charge in [0.15, 0.2) is 0 Å². The van der Waals surface area contributed by atoms with E-state index < -0.39 is 10.0 Å². The number of rotatable bonds is 3. The summed E-state index contributed by atoms with van der Waals surface area (Å²) < 4.78 is 28.1. The van der Waals surface area contributed by atoms with Crippen molar-refractivity contribution in [1.29, 1.82) is 0 Å². The molecular formula is C13H19N3O3S. The number of sulfonamides is 1. The standard InChI is InChI=1S/C13H19N3O3S/c1-8-12(7-14-16(8)2)20(18,19)15-13(17)10-4-3-9-5-11(9)6-10/h7,9-11H,3-6H2,1-2H3,(H,15,17). The fourth-order valence-corrected chi connectivity index (χ4v) is 4.35. The minimum Gasteiger partial charge on any atom is -0.274 e. The van der Waals surface area contributed by atoms with Gasteiger partial charge in [-0.2, -0.15) is 5.10 Å². The van der Waals surface area contributed by atoms with Crippen LogP contribution in [0.25, 0.3) is 0 Å². The van der Waals surface area contributed by atoms with Crippen LogP contribution in [-0.2, 0) is 21.9 Å². The van der Waals surface area contributed by atoms with Crippen LogP contribution in [0.4, 0.5) is 0 Å². The topological polar surface area (TPSA) is 81.1 Å². The molecule has 2 aliphatic carbocycles. The number of aryl methyl sites for hydroxylation is 1. The molecule has 0 bridgehead atoms. The van der Waals surface area contributed by atoms with Crippen molar-refractivity contribution in [3.63, 3.8) is 0 Å². The minimum atomic E-state index is -3.81. The zero-order valence-electron chi connectivity index (χ0n) is 11.7. The lowest BCUT2D eigenvalue weighted by molar-refractivity contribution is -0.124. The van der Waals surface area contributed by atoms with Crippen LogP contribution in [0.3, 0.4) is 0 Å². The molecule has 1 heterocycles. The molecule has 3 unspecified atom stereocenters. The molecule has 2 aliphatic rings. The fourth-order valence-electron chi connectivity index (χ4n) is 3.10. The molecular weight excluding hydrogens is 278 g/mol. The highest BCUT2D eigenvalue weighted by molar-refractivity contribution is 7.90. The average molecular weight is 297 g/mol. The van der Waals surface area contributed by atoms with Crippen molar-refractivity contribution < 1.29 is 13.2 Å². The van der Waals surface area contributed by atoms with Crippen molar-refractivity contribution in [3.05, 3.63) is 11.9 Å². The van der Waals surface area contributed by atoms with Crippen molar-refractivity contribution in [2.45, 2.75) is 37.5 Å². The number of amides is 1. The third-order valence-corrected chi connectivity index (χ3v) is 6.08. The molecule has 6 nitrogen and oxygen atoms in total. The van der Waals surface area contributed by atoms with E-state index in [0.29, 0.717) is 11.6 Å². The third kappa shape index (κ3) is 2.34. The highest BCUT2D eigenvalue weighted by Crippen LogP contribution is 2.51. The predicted molar refractivity (Wildman–Crippen MR) is 72.2 cm³/mol. The van der Waals surface area contributed by atoms with E-state index in [1.54, 1.807) is 14.0 Å². The first-order chi connectivity index (χ1) is 9.38. The van der Waals surface area contributed by atoms with Crippen LogP contribution in [0.15, 0.2) is 11.1 Å². The number of nitrogens with zero attached hydrogens (tertiary/aromatic N) is 2. The van der Waals surface area contributed by atoms with Crippen molar-refractivity contribution in [2.75, 3.05) is 0 Å². The molecule has 3 rings (SSSR count). The Labute approximate surface area is 118 Å². The summed E-state index contributed by atoms with van der Waals surface area (Å²) in [5.74, 6) is 0.905. The Morgan fingerprint density at radius 3 is 2.70 bits per heavy atom. The highest BCUT2D eigenvalue weighted by atomic mass is 32.2.